The predicted octanol–water partition coefficient (Wildman–Crippen LogP) is 4.84. The lowest BCUT2D eigenvalue weighted by Crippen LogP contribution is -2.42. The number of piperidine rings is 1. The second-order valence-electron chi connectivity index (χ2n) is 10.2. The number of allylic oxidation sites excluding steroid dienone is 1. The highest BCUT2D eigenvalue weighted by molar-refractivity contribution is 5.99. The number of fused-ring (bicyclic) bond motifs is 1. The summed E-state index contributed by atoms with van der Waals surface area (Å²) in [6.07, 6.45) is 2.51. The van der Waals surface area contributed by atoms with Crippen molar-refractivity contribution in [1.82, 2.24) is 24.6 Å². The van der Waals surface area contributed by atoms with Crippen molar-refractivity contribution < 1.29 is 22.7 Å². The van der Waals surface area contributed by atoms with Crippen LogP contribution in [0.4, 0.5) is 19.0 Å². The number of carbonyl (C=O) groups excluding carboxylic acids is 1. The zero-order valence-corrected chi connectivity index (χ0v) is 22.8. The molecular formula is C29H27F3N8O2. The monoisotopic (exact) mass is 576 g/mol. The van der Waals surface area contributed by atoms with Crippen molar-refractivity contribution in [1.29, 1.82) is 5.26 Å². The maximum atomic E-state index is 15.5. The van der Waals surface area contributed by atoms with E-state index in [0.29, 0.717) is 30.4 Å². The molecule has 13 heteroatoms. The van der Waals surface area contributed by atoms with Gasteiger partial charge in [-0.05, 0) is 43.0 Å². The molecule has 0 aliphatic carbocycles. The number of hydrogen-bond acceptors (Lipinski definition) is 8. The molecule has 1 amide bonds. The largest absolute Gasteiger partial charge is 0.454 e. The molecule has 216 valence electrons. The van der Waals surface area contributed by atoms with E-state index in [1.807, 2.05) is 6.07 Å². The summed E-state index contributed by atoms with van der Waals surface area (Å²) in [4.78, 5) is 23.2. The average molecular weight is 577 g/mol. The summed E-state index contributed by atoms with van der Waals surface area (Å²) in [5, 5.41) is 14.6. The highest BCUT2D eigenvalue weighted by Gasteiger charge is 2.31. The maximum Gasteiger partial charge on any atom is 0.266 e. The van der Waals surface area contributed by atoms with Crippen LogP contribution in [0.5, 0.6) is 11.5 Å². The van der Waals surface area contributed by atoms with Gasteiger partial charge in [-0.15, -0.1) is 0 Å². The molecule has 10 nitrogen and oxygen atoms in total. The quantitative estimate of drug-likeness (QED) is 0.245. The van der Waals surface area contributed by atoms with E-state index in [9.17, 15) is 18.8 Å². The number of likely N-dealkylation sites (tertiary alicyclic amines) is 1. The molecule has 0 saturated carbocycles. The first-order valence-corrected chi connectivity index (χ1v) is 13.2. The molecule has 1 fully saturated rings. The van der Waals surface area contributed by atoms with Crippen molar-refractivity contribution in [3.8, 4) is 28.8 Å². The van der Waals surface area contributed by atoms with Gasteiger partial charge in [-0.1, -0.05) is 19.9 Å². The van der Waals surface area contributed by atoms with E-state index in [2.05, 4.69) is 15.1 Å². The Bertz CT molecular complexity index is 1760. The number of rotatable bonds is 6. The van der Waals surface area contributed by atoms with Crippen LogP contribution in [0.3, 0.4) is 0 Å². The van der Waals surface area contributed by atoms with Gasteiger partial charge in [-0.2, -0.15) is 14.8 Å². The van der Waals surface area contributed by atoms with E-state index in [1.165, 1.54) is 30.6 Å². The van der Waals surface area contributed by atoms with Crippen LogP contribution in [0.1, 0.15) is 32.7 Å². The summed E-state index contributed by atoms with van der Waals surface area (Å²) < 4.78 is 50.1. The number of nitrogen functional groups attached to an aromatic ring is 1. The first-order chi connectivity index (χ1) is 20.1. The van der Waals surface area contributed by atoms with Gasteiger partial charge in [0.2, 0.25) is 5.82 Å². The van der Waals surface area contributed by atoms with Crippen LogP contribution in [-0.2, 0) is 4.79 Å². The molecule has 3 heterocycles. The van der Waals surface area contributed by atoms with Crippen LogP contribution in [0.15, 0.2) is 54.0 Å². The molecular weight excluding hydrogens is 549 g/mol. The molecule has 1 aliphatic rings. The molecule has 0 radical (unpaired) electrons. The van der Waals surface area contributed by atoms with E-state index in [0.717, 1.165) is 12.1 Å². The van der Waals surface area contributed by atoms with Crippen molar-refractivity contribution in [3.63, 3.8) is 0 Å². The molecule has 4 aromatic rings. The van der Waals surface area contributed by atoms with Gasteiger partial charge in [0.05, 0.1) is 11.4 Å². The Morgan fingerprint density at radius 3 is 2.67 bits per heavy atom. The van der Waals surface area contributed by atoms with Gasteiger partial charge >= 0.3 is 0 Å². The van der Waals surface area contributed by atoms with Crippen molar-refractivity contribution in [2.45, 2.75) is 32.7 Å². The summed E-state index contributed by atoms with van der Waals surface area (Å²) in [7, 11) is 0. The third-order valence-electron chi connectivity index (χ3n) is 7.12. The predicted molar refractivity (Wildman–Crippen MR) is 148 cm³/mol. The number of hydrogen-bond donors (Lipinski definition) is 2. The molecule has 1 unspecified atom stereocenters. The number of amides is 1. The molecule has 42 heavy (non-hydrogen) atoms. The van der Waals surface area contributed by atoms with E-state index in [-0.39, 0.29) is 52.6 Å². The van der Waals surface area contributed by atoms with Gasteiger partial charge in [0, 0.05) is 30.4 Å². The van der Waals surface area contributed by atoms with Crippen molar-refractivity contribution in [3.05, 3.63) is 71.4 Å². The molecule has 2 aromatic carbocycles. The highest BCUT2D eigenvalue weighted by atomic mass is 19.2. The van der Waals surface area contributed by atoms with Crippen LogP contribution < -0.4 is 16.2 Å². The first kappa shape index (κ1) is 28.4. The lowest BCUT2D eigenvalue weighted by atomic mass is 10.0. The molecule has 2 aromatic heterocycles. The van der Waals surface area contributed by atoms with Crippen molar-refractivity contribution >= 4 is 22.8 Å². The number of nitriles is 1. The molecule has 4 N–H and O–H groups in total. The number of carbonyl (C=O) groups is 1. The van der Waals surface area contributed by atoms with E-state index >= 15 is 4.39 Å². The summed E-state index contributed by atoms with van der Waals surface area (Å²) >= 11 is 0. The highest BCUT2D eigenvalue weighted by Crippen LogP contribution is 2.37. The van der Waals surface area contributed by atoms with Crippen LogP contribution in [0.25, 0.3) is 22.3 Å². The standard InChI is InChI=1S/C29H27F3N8O2/c1-15(2)25(34)19(12-33)29(41)39-10-4-5-16(13-39)40-28-23(27(35)36-14-37-28)26(38-40)18-9-8-17(11-21(18)31)42-22-7-3-6-20(30)24(22)32/h3,6-9,11,14-16H,4-5,10,13,34H2,1-2H3,(H2,35,36,37). The molecule has 5 rings (SSSR count). The minimum absolute atomic E-state index is 0.0514. The normalized spacial score (nSPS) is 15.9. The topological polar surface area (TPSA) is 149 Å². The van der Waals surface area contributed by atoms with Crippen LogP contribution >= 0.6 is 0 Å². The fraction of sp³-hybridized carbons (Fsp3) is 0.276. The van der Waals surface area contributed by atoms with Gasteiger partial charge in [0.25, 0.3) is 5.91 Å². The SMILES string of the molecule is CC(C)C(N)=C(C#N)C(=O)N1CCCC(n2nc(-c3ccc(Oc4cccc(F)c4F)cc3F)c3c(N)ncnc32)C1. The minimum Gasteiger partial charge on any atom is -0.454 e. The number of halogens is 3. The minimum atomic E-state index is -1.19. The second-order valence-corrected chi connectivity index (χ2v) is 10.2. The fourth-order valence-corrected chi connectivity index (χ4v) is 4.90. The number of nitrogens with zero attached hydrogens (tertiary/aromatic N) is 6. The Labute approximate surface area is 239 Å². The average Bonchev–Trinajstić information content (AvgIpc) is 3.36. The number of ether oxygens (including phenoxy) is 1. The van der Waals surface area contributed by atoms with Crippen molar-refractivity contribution in [2.24, 2.45) is 11.7 Å². The first-order valence-electron chi connectivity index (χ1n) is 13.2. The van der Waals surface area contributed by atoms with Gasteiger partial charge in [0.15, 0.2) is 17.2 Å². The Balaban J connectivity index is 1.50. The smallest absolute Gasteiger partial charge is 0.266 e. The van der Waals surface area contributed by atoms with E-state index < -0.39 is 29.1 Å². The molecule has 1 saturated heterocycles. The fourth-order valence-electron chi connectivity index (χ4n) is 4.90. The Morgan fingerprint density at radius 1 is 1.17 bits per heavy atom. The molecule has 1 aliphatic heterocycles. The summed E-state index contributed by atoms with van der Waals surface area (Å²) in [6.45, 7) is 4.25. The van der Waals surface area contributed by atoms with Gasteiger partial charge in [0.1, 0.15) is 41.0 Å². The van der Waals surface area contributed by atoms with Gasteiger partial charge < -0.3 is 21.1 Å². The van der Waals surface area contributed by atoms with Crippen molar-refractivity contribution in [2.75, 3.05) is 18.8 Å². The lowest BCUT2D eigenvalue weighted by Gasteiger charge is -2.33. The van der Waals surface area contributed by atoms with E-state index in [1.54, 1.807) is 23.4 Å². The number of benzene rings is 2. The summed E-state index contributed by atoms with van der Waals surface area (Å²) in [5.41, 5.74) is 12.9. The Morgan fingerprint density at radius 2 is 1.95 bits per heavy atom. The summed E-state index contributed by atoms with van der Waals surface area (Å²) in [6, 6.07) is 8.83. The lowest BCUT2D eigenvalue weighted by molar-refractivity contribution is -0.128. The third-order valence-corrected chi connectivity index (χ3v) is 7.12. The zero-order chi connectivity index (χ0) is 30.1. The molecule has 1 atom stereocenters. The maximum absolute atomic E-state index is 15.5. The van der Waals surface area contributed by atoms with Crippen LogP contribution in [0.2, 0.25) is 0 Å². The second kappa shape index (κ2) is 11.4. The Hall–Kier alpha value is -5.12. The Kier molecular flexibility index (Phi) is 7.71. The number of nitrogens with two attached hydrogens (primary N) is 2. The molecule has 0 spiro atoms. The van der Waals surface area contributed by atoms with Crippen LogP contribution in [-0.4, -0.2) is 43.6 Å². The number of anilines is 1. The number of aromatic nitrogens is 4. The molecule has 0 bridgehead atoms. The van der Waals surface area contributed by atoms with Gasteiger partial charge in [-0.25, -0.2) is 23.4 Å². The third kappa shape index (κ3) is 5.18. The van der Waals surface area contributed by atoms with E-state index in [4.69, 9.17) is 16.2 Å². The summed E-state index contributed by atoms with van der Waals surface area (Å²) in [5.74, 6) is -4.06. The van der Waals surface area contributed by atoms with Crippen LogP contribution in [0, 0.1) is 34.7 Å². The van der Waals surface area contributed by atoms with Gasteiger partial charge in [-0.3, -0.25) is 4.79 Å². The zero-order valence-electron chi connectivity index (χ0n) is 22.8.